The summed E-state index contributed by atoms with van der Waals surface area (Å²) in [6.07, 6.45) is 1.64. The lowest BCUT2D eigenvalue weighted by molar-refractivity contribution is -0.274. The van der Waals surface area contributed by atoms with E-state index in [1.54, 1.807) is 6.07 Å². The Kier molecular flexibility index (Phi) is 3.41. The second-order valence-corrected chi connectivity index (χ2v) is 4.05. The van der Waals surface area contributed by atoms with Crippen LogP contribution in [-0.2, 0) is 0 Å². The fourth-order valence-corrected chi connectivity index (χ4v) is 1.99. The second-order valence-electron chi connectivity index (χ2n) is 4.05. The number of hydrogen-bond donors (Lipinski definition) is 0. The Morgan fingerprint density at radius 1 is 1.12 bits per heavy atom. The van der Waals surface area contributed by atoms with Crippen LogP contribution >= 0.6 is 0 Å². The monoisotopic (exact) mass is 242 g/mol. The number of rotatable bonds is 2. The van der Waals surface area contributed by atoms with Crippen molar-refractivity contribution in [3.05, 3.63) is 35.9 Å². The number of hydrogen-bond acceptors (Lipinski definition) is 1. The Balaban J connectivity index is 2.19. The van der Waals surface area contributed by atoms with E-state index < -0.39 is 6.36 Å². The lowest BCUT2D eigenvalue weighted by atomic mass is 9.94. The molecule has 17 heavy (non-hydrogen) atoms. The molecule has 1 aliphatic carbocycles. The molecule has 0 heterocycles. The van der Waals surface area contributed by atoms with Crippen LogP contribution < -0.4 is 4.74 Å². The minimum atomic E-state index is -4.63. The molecule has 0 amide bonds. The lowest BCUT2D eigenvalue weighted by Crippen LogP contribution is -2.17. The van der Waals surface area contributed by atoms with Crippen molar-refractivity contribution >= 4 is 5.57 Å². The van der Waals surface area contributed by atoms with Gasteiger partial charge in [0.05, 0.1) is 0 Å². The van der Waals surface area contributed by atoms with Crippen LogP contribution in [0, 0.1) is 0 Å². The standard InChI is InChI=1S/C13H13F3O/c14-13(15,16)17-12-8-4-7-11(9-12)10-5-2-1-3-6-10/h4-5,7-9H,1-3,6H2. The Bertz CT molecular complexity index is 421. The maximum atomic E-state index is 12.1. The maximum Gasteiger partial charge on any atom is 0.573 e. The number of ether oxygens (including phenoxy) is 1. The number of benzene rings is 1. The van der Waals surface area contributed by atoms with Crippen molar-refractivity contribution < 1.29 is 17.9 Å². The van der Waals surface area contributed by atoms with Crippen molar-refractivity contribution in [2.75, 3.05) is 0 Å². The lowest BCUT2D eigenvalue weighted by Gasteiger charge is -2.14. The summed E-state index contributed by atoms with van der Waals surface area (Å²) >= 11 is 0. The van der Waals surface area contributed by atoms with E-state index in [0.29, 0.717) is 0 Å². The predicted molar refractivity (Wildman–Crippen MR) is 59.6 cm³/mol. The van der Waals surface area contributed by atoms with Gasteiger partial charge in [-0.1, -0.05) is 18.2 Å². The van der Waals surface area contributed by atoms with Gasteiger partial charge in [-0.3, -0.25) is 0 Å². The van der Waals surface area contributed by atoms with Gasteiger partial charge in [-0.05, 0) is 49.0 Å². The summed E-state index contributed by atoms with van der Waals surface area (Å²) in [7, 11) is 0. The summed E-state index contributed by atoms with van der Waals surface area (Å²) in [6.45, 7) is 0. The Morgan fingerprint density at radius 2 is 1.94 bits per heavy atom. The van der Waals surface area contributed by atoms with Gasteiger partial charge in [0.15, 0.2) is 0 Å². The minimum Gasteiger partial charge on any atom is -0.406 e. The Labute approximate surface area is 97.9 Å². The van der Waals surface area contributed by atoms with Crippen LogP contribution in [0.5, 0.6) is 5.75 Å². The SMILES string of the molecule is FC(F)(F)Oc1cccc(C2=CCCCC2)c1. The van der Waals surface area contributed by atoms with Crippen molar-refractivity contribution in [3.8, 4) is 5.75 Å². The molecule has 0 aromatic heterocycles. The van der Waals surface area contributed by atoms with Gasteiger partial charge < -0.3 is 4.74 Å². The van der Waals surface area contributed by atoms with E-state index in [2.05, 4.69) is 10.8 Å². The van der Waals surface area contributed by atoms with Crippen LogP contribution in [0.4, 0.5) is 13.2 Å². The molecule has 0 saturated heterocycles. The third kappa shape index (κ3) is 3.51. The predicted octanol–water partition coefficient (Wildman–Crippen LogP) is 4.54. The quantitative estimate of drug-likeness (QED) is 0.739. The highest BCUT2D eigenvalue weighted by Gasteiger charge is 2.31. The minimum absolute atomic E-state index is 0.151. The number of halogens is 3. The normalized spacial score (nSPS) is 16.5. The molecule has 1 aromatic rings. The van der Waals surface area contributed by atoms with Crippen molar-refractivity contribution in [3.63, 3.8) is 0 Å². The van der Waals surface area contributed by atoms with Gasteiger partial charge in [-0.15, -0.1) is 13.2 Å². The molecule has 0 radical (unpaired) electrons. The second kappa shape index (κ2) is 4.82. The molecule has 4 heteroatoms. The number of allylic oxidation sites excluding steroid dienone is 2. The van der Waals surface area contributed by atoms with Crippen LogP contribution in [0.3, 0.4) is 0 Å². The third-order valence-electron chi connectivity index (χ3n) is 2.73. The van der Waals surface area contributed by atoms with Crippen LogP contribution in [0.1, 0.15) is 31.2 Å². The fraction of sp³-hybridized carbons (Fsp3) is 0.385. The van der Waals surface area contributed by atoms with E-state index in [1.165, 1.54) is 12.1 Å². The summed E-state index contributed by atoms with van der Waals surface area (Å²) in [5, 5.41) is 0. The van der Waals surface area contributed by atoms with E-state index in [-0.39, 0.29) is 5.75 Å². The first kappa shape index (κ1) is 12.0. The van der Waals surface area contributed by atoms with Crippen molar-refractivity contribution in [2.45, 2.75) is 32.0 Å². The largest absolute Gasteiger partial charge is 0.573 e. The molecular weight excluding hydrogens is 229 g/mol. The van der Waals surface area contributed by atoms with Crippen LogP contribution in [0.15, 0.2) is 30.3 Å². The zero-order chi connectivity index (χ0) is 12.3. The van der Waals surface area contributed by atoms with E-state index in [0.717, 1.165) is 36.8 Å². The molecule has 0 unspecified atom stereocenters. The van der Waals surface area contributed by atoms with Crippen LogP contribution in [-0.4, -0.2) is 6.36 Å². The average molecular weight is 242 g/mol. The molecular formula is C13H13F3O. The van der Waals surface area contributed by atoms with E-state index in [1.807, 2.05) is 6.07 Å². The first-order valence-electron chi connectivity index (χ1n) is 5.60. The molecule has 0 bridgehead atoms. The molecule has 0 fully saturated rings. The topological polar surface area (TPSA) is 9.23 Å². The molecule has 2 rings (SSSR count). The highest BCUT2D eigenvalue weighted by Crippen LogP contribution is 2.30. The van der Waals surface area contributed by atoms with Gasteiger partial charge in [0.25, 0.3) is 0 Å². The molecule has 92 valence electrons. The fourth-order valence-electron chi connectivity index (χ4n) is 1.99. The zero-order valence-corrected chi connectivity index (χ0v) is 9.26. The highest BCUT2D eigenvalue weighted by molar-refractivity contribution is 5.67. The summed E-state index contributed by atoms with van der Waals surface area (Å²) in [6, 6.07) is 6.18. The molecule has 1 aliphatic rings. The molecule has 1 nitrogen and oxygen atoms in total. The molecule has 0 aliphatic heterocycles. The Hall–Kier alpha value is -1.45. The van der Waals surface area contributed by atoms with Gasteiger partial charge in [-0.25, -0.2) is 0 Å². The van der Waals surface area contributed by atoms with Crippen molar-refractivity contribution in [1.29, 1.82) is 0 Å². The number of alkyl halides is 3. The zero-order valence-electron chi connectivity index (χ0n) is 9.26. The molecule has 1 aromatic carbocycles. The van der Waals surface area contributed by atoms with Gasteiger partial charge in [0, 0.05) is 0 Å². The average Bonchev–Trinajstić information content (AvgIpc) is 2.28. The summed E-state index contributed by atoms with van der Waals surface area (Å²) in [5.41, 5.74) is 1.94. The van der Waals surface area contributed by atoms with Crippen molar-refractivity contribution in [1.82, 2.24) is 0 Å². The van der Waals surface area contributed by atoms with Gasteiger partial charge >= 0.3 is 6.36 Å². The van der Waals surface area contributed by atoms with Crippen LogP contribution in [0.25, 0.3) is 5.57 Å². The molecule has 0 N–H and O–H groups in total. The van der Waals surface area contributed by atoms with Gasteiger partial charge in [0.1, 0.15) is 5.75 Å². The first-order chi connectivity index (χ1) is 8.04. The first-order valence-corrected chi connectivity index (χ1v) is 5.60. The van der Waals surface area contributed by atoms with Gasteiger partial charge in [-0.2, -0.15) is 0 Å². The van der Waals surface area contributed by atoms with E-state index in [9.17, 15) is 13.2 Å². The molecule has 0 saturated carbocycles. The summed E-state index contributed by atoms with van der Waals surface area (Å²) in [4.78, 5) is 0. The molecule has 0 spiro atoms. The summed E-state index contributed by atoms with van der Waals surface area (Å²) in [5.74, 6) is -0.151. The smallest absolute Gasteiger partial charge is 0.406 e. The third-order valence-corrected chi connectivity index (χ3v) is 2.73. The van der Waals surface area contributed by atoms with Gasteiger partial charge in [0.2, 0.25) is 0 Å². The molecule has 0 atom stereocenters. The van der Waals surface area contributed by atoms with E-state index >= 15 is 0 Å². The van der Waals surface area contributed by atoms with E-state index in [4.69, 9.17) is 0 Å². The maximum absolute atomic E-state index is 12.1. The highest BCUT2D eigenvalue weighted by atomic mass is 19.4. The summed E-state index contributed by atoms with van der Waals surface area (Å²) < 4.78 is 40.1. The van der Waals surface area contributed by atoms with Crippen molar-refractivity contribution in [2.24, 2.45) is 0 Å². The van der Waals surface area contributed by atoms with Crippen LogP contribution in [0.2, 0.25) is 0 Å². The Morgan fingerprint density at radius 3 is 2.59 bits per heavy atom.